The third-order valence-corrected chi connectivity index (χ3v) is 9.42. The molecule has 9 nitrogen and oxygen atoms in total. The number of phosphoric ester groups is 1. The molecule has 0 aromatic rings. The standard InChI is InChI=1S/C46H78NO8P/c1-6-8-10-12-14-16-18-20-21-22-23-24-25-27-29-31-33-35-37-39-46(49)55-44(43-54-56(50,51)53-41-40-47(3,4)5)42-52-45(48)38-36-34-32-30-28-26-19-17-15-13-11-9-7-2/h8,10,14,16,20-21,23-24,27,29,32-35,44H,6-7,9,11-13,15,17-19,22,25-26,28,30-31,36-43H2,1-5H3/p+1/b10-8-,16-14-,21-20-,24-23-,29-27-,34-32-,35-33-. The van der Waals surface area contributed by atoms with E-state index in [0.717, 1.165) is 51.4 Å². The zero-order valence-corrected chi connectivity index (χ0v) is 36.7. The number of hydrogen-bond donors (Lipinski definition) is 1. The fourth-order valence-corrected chi connectivity index (χ4v) is 5.86. The number of likely N-dealkylation sites (N-methyl/N-ethyl adjacent to an activating group) is 1. The van der Waals surface area contributed by atoms with E-state index in [1.54, 1.807) is 0 Å². The van der Waals surface area contributed by atoms with Crippen LogP contribution in [0.2, 0.25) is 0 Å². The van der Waals surface area contributed by atoms with Crippen LogP contribution in [0.3, 0.4) is 0 Å². The molecule has 10 heteroatoms. The molecule has 0 bridgehead atoms. The predicted octanol–water partition coefficient (Wildman–Crippen LogP) is 12.0. The topological polar surface area (TPSA) is 108 Å². The van der Waals surface area contributed by atoms with Crippen molar-refractivity contribution in [2.45, 2.75) is 148 Å². The van der Waals surface area contributed by atoms with Crippen LogP contribution in [0.25, 0.3) is 0 Å². The largest absolute Gasteiger partial charge is 0.472 e. The van der Waals surface area contributed by atoms with Gasteiger partial charge in [-0.3, -0.25) is 18.6 Å². The van der Waals surface area contributed by atoms with Crippen molar-refractivity contribution in [2.75, 3.05) is 47.5 Å². The van der Waals surface area contributed by atoms with E-state index in [1.807, 2.05) is 39.4 Å². The Kier molecular flexibility index (Phi) is 35.9. The van der Waals surface area contributed by atoms with Crippen LogP contribution in [0.15, 0.2) is 85.1 Å². The summed E-state index contributed by atoms with van der Waals surface area (Å²) < 4.78 is 34.1. The minimum absolute atomic E-state index is 0.00924. The molecule has 1 N–H and O–H groups in total. The number of hydrogen-bond acceptors (Lipinski definition) is 7. The van der Waals surface area contributed by atoms with Crippen molar-refractivity contribution < 1.29 is 42.1 Å². The second-order valence-electron chi connectivity index (χ2n) is 15.0. The molecule has 0 heterocycles. The van der Waals surface area contributed by atoms with Crippen molar-refractivity contribution in [2.24, 2.45) is 0 Å². The van der Waals surface area contributed by atoms with Crippen LogP contribution >= 0.6 is 7.82 Å². The van der Waals surface area contributed by atoms with Gasteiger partial charge in [0.25, 0.3) is 0 Å². The quantitative estimate of drug-likeness (QED) is 0.0217. The average Bonchev–Trinajstić information content (AvgIpc) is 3.15. The number of allylic oxidation sites excluding steroid dienone is 14. The monoisotopic (exact) mass is 805 g/mol. The summed E-state index contributed by atoms with van der Waals surface area (Å²) in [4.78, 5) is 35.2. The number of phosphoric acid groups is 1. The van der Waals surface area contributed by atoms with Gasteiger partial charge in [-0.05, 0) is 64.2 Å². The van der Waals surface area contributed by atoms with Gasteiger partial charge >= 0.3 is 19.8 Å². The van der Waals surface area contributed by atoms with Crippen LogP contribution in [0.5, 0.6) is 0 Å². The molecule has 56 heavy (non-hydrogen) atoms. The van der Waals surface area contributed by atoms with Crippen molar-refractivity contribution in [3.8, 4) is 0 Å². The third kappa shape index (κ3) is 40.8. The van der Waals surface area contributed by atoms with E-state index < -0.39 is 32.5 Å². The molecule has 2 unspecified atom stereocenters. The van der Waals surface area contributed by atoms with Crippen LogP contribution in [-0.4, -0.2) is 74.9 Å². The van der Waals surface area contributed by atoms with Crippen LogP contribution in [0.4, 0.5) is 0 Å². The van der Waals surface area contributed by atoms with Gasteiger partial charge < -0.3 is 18.9 Å². The molecule has 320 valence electrons. The zero-order valence-electron chi connectivity index (χ0n) is 35.8. The van der Waals surface area contributed by atoms with Crippen molar-refractivity contribution in [3.63, 3.8) is 0 Å². The molecule has 2 atom stereocenters. The maximum Gasteiger partial charge on any atom is 0.472 e. The van der Waals surface area contributed by atoms with Crippen LogP contribution in [-0.2, 0) is 32.7 Å². The molecule has 0 fully saturated rings. The number of rotatable bonds is 37. The van der Waals surface area contributed by atoms with E-state index in [0.29, 0.717) is 23.9 Å². The minimum Gasteiger partial charge on any atom is -0.462 e. The Labute approximate surface area is 341 Å². The summed E-state index contributed by atoms with van der Waals surface area (Å²) in [6, 6.07) is 0. The lowest BCUT2D eigenvalue weighted by Gasteiger charge is -2.24. The number of quaternary nitrogens is 1. The maximum atomic E-state index is 12.6. The molecule has 0 aromatic heterocycles. The molecule has 0 aliphatic carbocycles. The van der Waals surface area contributed by atoms with E-state index in [9.17, 15) is 19.0 Å². The zero-order chi connectivity index (χ0) is 41.4. The molecule has 0 saturated heterocycles. The number of esters is 2. The number of nitrogens with zero attached hydrogens (tertiary/aromatic N) is 1. The molecular formula is C46H79NO8P+. The summed E-state index contributed by atoms with van der Waals surface area (Å²) in [6.07, 6.45) is 48.1. The van der Waals surface area contributed by atoms with E-state index in [4.69, 9.17) is 18.5 Å². The molecule has 0 rings (SSSR count). The highest BCUT2D eigenvalue weighted by Gasteiger charge is 2.27. The first-order valence-corrected chi connectivity index (χ1v) is 22.8. The molecule has 0 saturated carbocycles. The number of carbonyl (C=O) groups is 2. The van der Waals surface area contributed by atoms with E-state index in [1.165, 1.54) is 51.4 Å². The highest BCUT2D eigenvalue weighted by molar-refractivity contribution is 7.47. The summed E-state index contributed by atoms with van der Waals surface area (Å²) in [6.45, 7) is 4.15. The maximum absolute atomic E-state index is 12.6. The van der Waals surface area contributed by atoms with Gasteiger partial charge in [-0.25, -0.2) is 4.57 Å². The predicted molar refractivity (Wildman–Crippen MR) is 233 cm³/mol. The Hall–Kier alpha value is -2.81. The molecule has 0 aliphatic heterocycles. The Bertz CT molecular complexity index is 1230. The highest BCUT2D eigenvalue weighted by Crippen LogP contribution is 2.43. The minimum atomic E-state index is -4.40. The van der Waals surface area contributed by atoms with E-state index in [-0.39, 0.29) is 26.1 Å². The van der Waals surface area contributed by atoms with Crippen molar-refractivity contribution in [3.05, 3.63) is 85.1 Å². The van der Waals surface area contributed by atoms with Gasteiger partial charge in [0.1, 0.15) is 19.8 Å². The van der Waals surface area contributed by atoms with Crippen molar-refractivity contribution >= 4 is 19.8 Å². The highest BCUT2D eigenvalue weighted by atomic mass is 31.2. The fourth-order valence-electron chi connectivity index (χ4n) is 5.11. The summed E-state index contributed by atoms with van der Waals surface area (Å²) in [5, 5.41) is 0. The lowest BCUT2D eigenvalue weighted by atomic mass is 10.1. The molecular weight excluding hydrogens is 725 g/mol. The Morgan fingerprint density at radius 2 is 1.02 bits per heavy atom. The molecule has 0 radical (unpaired) electrons. The molecule has 0 aromatic carbocycles. The van der Waals surface area contributed by atoms with Gasteiger partial charge in [0.05, 0.1) is 27.7 Å². The first-order valence-electron chi connectivity index (χ1n) is 21.3. The van der Waals surface area contributed by atoms with Crippen LogP contribution < -0.4 is 0 Å². The summed E-state index contributed by atoms with van der Waals surface area (Å²) in [7, 11) is 1.40. The SMILES string of the molecule is CC/C=C\C/C=C\C/C=C\C/C=C\C/C=C\C/C=C\CCC(=O)OC(COC(=O)CC/C=C\CCCCCCCCCCC)COP(=O)(O)OCC[N+](C)(C)C. The molecule has 0 amide bonds. The first kappa shape index (κ1) is 53.2. The number of unbranched alkanes of at least 4 members (excludes halogenated alkanes) is 9. The van der Waals surface area contributed by atoms with Gasteiger partial charge in [-0.2, -0.15) is 0 Å². The van der Waals surface area contributed by atoms with Gasteiger partial charge in [0.2, 0.25) is 0 Å². The lowest BCUT2D eigenvalue weighted by molar-refractivity contribution is -0.870. The third-order valence-electron chi connectivity index (χ3n) is 8.44. The summed E-state index contributed by atoms with van der Waals surface area (Å²) >= 11 is 0. The number of carbonyl (C=O) groups excluding carboxylic acids is 2. The Morgan fingerprint density at radius 3 is 1.54 bits per heavy atom. The van der Waals surface area contributed by atoms with Crippen molar-refractivity contribution in [1.82, 2.24) is 0 Å². The van der Waals surface area contributed by atoms with Gasteiger partial charge in [0, 0.05) is 12.8 Å². The van der Waals surface area contributed by atoms with Gasteiger partial charge in [0.15, 0.2) is 6.10 Å². The second-order valence-corrected chi connectivity index (χ2v) is 16.4. The lowest BCUT2D eigenvalue weighted by Crippen LogP contribution is -2.37. The Balaban J connectivity index is 4.57. The summed E-state index contributed by atoms with van der Waals surface area (Å²) in [5.41, 5.74) is 0. The average molecular weight is 805 g/mol. The van der Waals surface area contributed by atoms with Crippen LogP contribution in [0, 0.1) is 0 Å². The smallest absolute Gasteiger partial charge is 0.462 e. The second kappa shape index (κ2) is 37.7. The fraction of sp³-hybridized carbons (Fsp3) is 0.652. The molecule has 0 spiro atoms. The first-order chi connectivity index (χ1) is 27.0. The van der Waals surface area contributed by atoms with Crippen LogP contribution in [0.1, 0.15) is 142 Å². The van der Waals surface area contributed by atoms with E-state index in [2.05, 4.69) is 80.7 Å². The van der Waals surface area contributed by atoms with Gasteiger partial charge in [-0.15, -0.1) is 0 Å². The summed E-state index contributed by atoms with van der Waals surface area (Å²) in [5.74, 6) is -0.963. The van der Waals surface area contributed by atoms with E-state index >= 15 is 0 Å². The molecule has 0 aliphatic rings. The normalized spacial score (nSPS) is 14.5. The van der Waals surface area contributed by atoms with Gasteiger partial charge in [-0.1, -0.05) is 150 Å². The number of ether oxygens (including phenoxy) is 2. The Morgan fingerprint density at radius 1 is 0.571 bits per heavy atom. The van der Waals surface area contributed by atoms with Crippen molar-refractivity contribution in [1.29, 1.82) is 0 Å².